The van der Waals surface area contributed by atoms with Crippen molar-refractivity contribution in [1.29, 1.82) is 0 Å². The molecule has 1 saturated heterocycles. The van der Waals surface area contributed by atoms with E-state index in [9.17, 15) is 4.79 Å². The van der Waals surface area contributed by atoms with Gasteiger partial charge in [-0.25, -0.2) is 0 Å². The van der Waals surface area contributed by atoms with Gasteiger partial charge in [-0.2, -0.15) is 0 Å². The fourth-order valence-electron chi connectivity index (χ4n) is 1.07. The number of carboxylic acid groups (broad SMARTS) is 1. The monoisotopic (exact) mass is 159 g/mol. The summed E-state index contributed by atoms with van der Waals surface area (Å²) in [7, 11) is 1.65. The third kappa shape index (κ3) is 2.48. The molecule has 2 atom stereocenters. The molecule has 1 rings (SSSR count). The number of hydrogen-bond acceptors (Lipinski definition) is 3. The van der Waals surface area contributed by atoms with E-state index in [1.54, 1.807) is 7.11 Å². The standard InChI is InChI=1S/C7H13NO3/c1-11-4-2-3-8-5-6(8)7(9)10/h6H,2-5H2,1H3,(H,9,10)/t6-,8?/m0/s1. The molecule has 0 radical (unpaired) electrons. The van der Waals surface area contributed by atoms with Crippen molar-refractivity contribution in [3.63, 3.8) is 0 Å². The number of aliphatic carboxylic acids is 1. The van der Waals surface area contributed by atoms with Crippen molar-refractivity contribution >= 4 is 5.97 Å². The Hall–Kier alpha value is -0.610. The Balaban J connectivity index is 2.00. The van der Waals surface area contributed by atoms with Crippen LogP contribution in [0.1, 0.15) is 6.42 Å². The Labute approximate surface area is 65.8 Å². The van der Waals surface area contributed by atoms with Gasteiger partial charge in [0.25, 0.3) is 0 Å². The van der Waals surface area contributed by atoms with E-state index >= 15 is 0 Å². The van der Waals surface area contributed by atoms with Gasteiger partial charge in [-0.3, -0.25) is 9.69 Å². The van der Waals surface area contributed by atoms with Crippen LogP contribution in [0.5, 0.6) is 0 Å². The van der Waals surface area contributed by atoms with Crippen molar-refractivity contribution in [3.05, 3.63) is 0 Å². The molecule has 1 unspecified atom stereocenters. The molecular formula is C7H13NO3. The Kier molecular flexibility index (Phi) is 2.84. The molecule has 0 aliphatic carbocycles. The average Bonchev–Trinajstić information content (AvgIpc) is 2.68. The highest BCUT2D eigenvalue weighted by molar-refractivity contribution is 5.76. The van der Waals surface area contributed by atoms with Gasteiger partial charge < -0.3 is 9.84 Å². The van der Waals surface area contributed by atoms with Crippen LogP contribution >= 0.6 is 0 Å². The van der Waals surface area contributed by atoms with Crippen molar-refractivity contribution in [1.82, 2.24) is 4.90 Å². The molecule has 0 aromatic carbocycles. The van der Waals surface area contributed by atoms with Gasteiger partial charge in [-0.1, -0.05) is 0 Å². The van der Waals surface area contributed by atoms with Crippen molar-refractivity contribution in [2.24, 2.45) is 0 Å². The maximum Gasteiger partial charge on any atom is 0.322 e. The molecule has 0 spiro atoms. The van der Waals surface area contributed by atoms with Crippen LogP contribution < -0.4 is 0 Å². The third-order valence-corrected chi connectivity index (χ3v) is 1.79. The highest BCUT2D eigenvalue weighted by Crippen LogP contribution is 2.16. The summed E-state index contributed by atoms with van der Waals surface area (Å²) < 4.78 is 4.84. The van der Waals surface area contributed by atoms with E-state index in [2.05, 4.69) is 0 Å². The third-order valence-electron chi connectivity index (χ3n) is 1.79. The largest absolute Gasteiger partial charge is 0.480 e. The molecule has 4 heteroatoms. The van der Waals surface area contributed by atoms with Gasteiger partial charge in [0.05, 0.1) is 0 Å². The summed E-state index contributed by atoms with van der Waals surface area (Å²) in [5, 5.41) is 8.51. The van der Waals surface area contributed by atoms with E-state index in [-0.39, 0.29) is 6.04 Å². The fourth-order valence-corrected chi connectivity index (χ4v) is 1.07. The molecule has 0 aromatic heterocycles. The summed E-state index contributed by atoms with van der Waals surface area (Å²) in [5.74, 6) is -0.706. The van der Waals surface area contributed by atoms with Crippen molar-refractivity contribution in [2.75, 3.05) is 26.8 Å². The molecule has 64 valence electrons. The molecule has 1 aliphatic rings. The lowest BCUT2D eigenvalue weighted by Gasteiger charge is -1.99. The molecule has 4 nitrogen and oxygen atoms in total. The highest BCUT2D eigenvalue weighted by atomic mass is 16.5. The zero-order valence-electron chi connectivity index (χ0n) is 6.62. The van der Waals surface area contributed by atoms with Crippen LogP contribution in [-0.4, -0.2) is 48.8 Å². The first-order valence-corrected chi connectivity index (χ1v) is 3.71. The molecule has 0 amide bonds. The summed E-state index contributed by atoms with van der Waals surface area (Å²) >= 11 is 0. The molecule has 11 heavy (non-hydrogen) atoms. The van der Waals surface area contributed by atoms with Crippen LogP contribution in [0.25, 0.3) is 0 Å². The van der Waals surface area contributed by atoms with Crippen molar-refractivity contribution < 1.29 is 14.6 Å². The van der Waals surface area contributed by atoms with E-state index in [1.807, 2.05) is 4.90 Å². The normalized spacial score (nSPS) is 28.5. The van der Waals surface area contributed by atoms with E-state index in [0.29, 0.717) is 13.2 Å². The van der Waals surface area contributed by atoms with E-state index in [0.717, 1.165) is 13.0 Å². The van der Waals surface area contributed by atoms with Crippen LogP contribution in [0.4, 0.5) is 0 Å². The van der Waals surface area contributed by atoms with Crippen LogP contribution in [0.2, 0.25) is 0 Å². The molecule has 1 aliphatic heterocycles. The van der Waals surface area contributed by atoms with E-state index in [4.69, 9.17) is 9.84 Å². The van der Waals surface area contributed by atoms with Gasteiger partial charge in [0.15, 0.2) is 0 Å². The molecular weight excluding hydrogens is 146 g/mol. The maximum absolute atomic E-state index is 10.3. The van der Waals surface area contributed by atoms with Crippen LogP contribution in [0.3, 0.4) is 0 Å². The zero-order valence-corrected chi connectivity index (χ0v) is 6.62. The second kappa shape index (κ2) is 3.69. The second-order valence-electron chi connectivity index (χ2n) is 2.70. The first-order chi connectivity index (χ1) is 5.25. The number of carboxylic acids is 1. The minimum absolute atomic E-state index is 0.216. The highest BCUT2D eigenvalue weighted by Gasteiger charge is 2.39. The SMILES string of the molecule is COCCCN1C[C@H]1C(=O)O. The number of nitrogens with zero attached hydrogens (tertiary/aromatic N) is 1. The van der Waals surface area contributed by atoms with Crippen LogP contribution in [0.15, 0.2) is 0 Å². The van der Waals surface area contributed by atoms with Crippen molar-refractivity contribution in [3.8, 4) is 0 Å². The number of carbonyl (C=O) groups is 1. The lowest BCUT2D eigenvalue weighted by Crippen LogP contribution is -2.13. The van der Waals surface area contributed by atoms with Crippen LogP contribution in [0, 0.1) is 0 Å². The van der Waals surface area contributed by atoms with E-state index in [1.165, 1.54) is 0 Å². The van der Waals surface area contributed by atoms with Crippen LogP contribution in [-0.2, 0) is 9.53 Å². The molecule has 0 saturated carbocycles. The molecule has 1 N–H and O–H groups in total. The summed E-state index contributed by atoms with van der Waals surface area (Å²) in [6.45, 7) is 2.26. The summed E-state index contributed by atoms with van der Waals surface area (Å²) in [4.78, 5) is 12.2. The smallest absolute Gasteiger partial charge is 0.322 e. The van der Waals surface area contributed by atoms with E-state index < -0.39 is 5.97 Å². The summed E-state index contributed by atoms with van der Waals surface area (Å²) in [6.07, 6.45) is 0.917. The summed E-state index contributed by atoms with van der Waals surface area (Å²) in [6, 6.07) is -0.216. The predicted molar refractivity (Wildman–Crippen MR) is 39.5 cm³/mol. The number of hydrogen-bond donors (Lipinski definition) is 1. The Morgan fingerprint density at radius 2 is 2.55 bits per heavy atom. The summed E-state index contributed by atoms with van der Waals surface area (Å²) in [5.41, 5.74) is 0. The number of ether oxygens (including phenoxy) is 1. The van der Waals surface area contributed by atoms with Gasteiger partial charge in [0, 0.05) is 26.8 Å². The first kappa shape index (κ1) is 8.49. The lowest BCUT2D eigenvalue weighted by molar-refractivity contribution is -0.137. The fraction of sp³-hybridized carbons (Fsp3) is 0.857. The Morgan fingerprint density at radius 3 is 3.00 bits per heavy atom. The quantitative estimate of drug-likeness (QED) is 0.445. The minimum Gasteiger partial charge on any atom is -0.480 e. The zero-order chi connectivity index (χ0) is 8.27. The van der Waals surface area contributed by atoms with Gasteiger partial charge >= 0.3 is 5.97 Å². The topological polar surface area (TPSA) is 49.5 Å². The molecule has 0 aromatic rings. The van der Waals surface area contributed by atoms with Gasteiger partial charge in [-0.15, -0.1) is 0 Å². The molecule has 1 fully saturated rings. The van der Waals surface area contributed by atoms with Gasteiger partial charge in [0.2, 0.25) is 0 Å². The molecule has 0 bridgehead atoms. The van der Waals surface area contributed by atoms with Gasteiger partial charge in [-0.05, 0) is 6.42 Å². The Morgan fingerprint density at radius 1 is 1.82 bits per heavy atom. The number of methoxy groups -OCH3 is 1. The Bertz CT molecular complexity index is 149. The van der Waals surface area contributed by atoms with Crippen molar-refractivity contribution in [2.45, 2.75) is 12.5 Å². The molecule has 1 heterocycles. The first-order valence-electron chi connectivity index (χ1n) is 3.71. The second-order valence-corrected chi connectivity index (χ2v) is 2.70. The predicted octanol–water partition coefficient (Wildman–Crippen LogP) is -0.208. The average molecular weight is 159 g/mol. The lowest BCUT2D eigenvalue weighted by atomic mass is 10.4. The minimum atomic E-state index is -0.706. The van der Waals surface area contributed by atoms with Gasteiger partial charge in [0.1, 0.15) is 6.04 Å². The maximum atomic E-state index is 10.3. The number of rotatable bonds is 5.